The van der Waals surface area contributed by atoms with Gasteiger partial charge < -0.3 is 9.84 Å². The van der Waals surface area contributed by atoms with Crippen molar-refractivity contribution >= 4 is 0 Å². The van der Waals surface area contributed by atoms with E-state index in [2.05, 4.69) is 17.4 Å². The fourth-order valence-corrected chi connectivity index (χ4v) is 3.83. The van der Waals surface area contributed by atoms with E-state index in [1.807, 2.05) is 7.05 Å². The maximum absolute atomic E-state index is 5.57. The lowest BCUT2D eigenvalue weighted by atomic mass is 9.82. The van der Waals surface area contributed by atoms with E-state index in [0.29, 0.717) is 17.9 Å². The van der Waals surface area contributed by atoms with Gasteiger partial charge in [0, 0.05) is 12.0 Å². The highest BCUT2D eigenvalue weighted by atomic mass is 16.5. The van der Waals surface area contributed by atoms with E-state index in [0.717, 1.165) is 17.6 Å². The molecule has 0 amide bonds. The third-order valence-corrected chi connectivity index (χ3v) is 4.96. The molecule has 0 aliphatic heterocycles. The van der Waals surface area contributed by atoms with Crippen LogP contribution in [0.5, 0.6) is 0 Å². The number of aromatic nitrogens is 2. The Morgan fingerprint density at radius 2 is 2.00 bits per heavy atom. The van der Waals surface area contributed by atoms with Crippen molar-refractivity contribution in [3.05, 3.63) is 11.7 Å². The summed E-state index contributed by atoms with van der Waals surface area (Å²) in [7, 11) is 2.03. The van der Waals surface area contributed by atoms with E-state index in [1.54, 1.807) is 0 Å². The van der Waals surface area contributed by atoms with Crippen molar-refractivity contribution < 1.29 is 4.52 Å². The van der Waals surface area contributed by atoms with Gasteiger partial charge in [0.2, 0.25) is 5.89 Å². The van der Waals surface area contributed by atoms with Crippen LogP contribution in [-0.4, -0.2) is 23.2 Å². The summed E-state index contributed by atoms with van der Waals surface area (Å²) in [6.07, 6.45) is 8.76. The molecule has 0 saturated heterocycles. The molecule has 0 spiro atoms. The average molecular weight is 263 g/mol. The summed E-state index contributed by atoms with van der Waals surface area (Å²) >= 11 is 0. The minimum Gasteiger partial charge on any atom is -0.339 e. The predicted molar refractivity (Wildman–Crippen MR) is 74.1 cm³/mol. The second-order valence-corrected chi connectivity index (χ2v) is 6.39. The Balaban J connectivity index is 1.72. The van der Waals surface area contributed by atoms with Gasteiger partial charge in [-0.2, -0.15) is 4.98 Å². The molecule has 2 fully saturated rings. The molecule has 4 heteroatoms. The van der Waals surface area contributed by atoms with Crippen molar-refractivity contribution in [1.82, 2.24) is 15.5 Å². The lowest BCUT2D eigenvalue weighted by Gasteiger charge is -2.23. The number of nitrogens with one attached hydrogen (secondary N) is 1. The summed E-state index contributed by atoms with van der Waals surface area (Å²) in [5.41, 5.74) is 0. The van der Waals surface area contributed by atoms with E-state index in [9.17, 15) is 0 Å². The first kappa shape index (κ1) is 13.1. The van der Waals surface area contributed by atoms with Crippen LogP contribution in [0.1, 0.15) is 75.4 Å². The van der Waals surface area contributed by atoms with E-state index >= 15 is 0 Å². The van der Waals surface area contributed by atoms with Gasteiger partial charge >= 0.3 is 0 Å². The molecule has 1 N–H and O–H groups in total. The molecular formula is C15H25N3O. The molecule has 19 heavy (non-hydrogen) atoms. The summed E-state index contributed by atoms with van der Waals surface area (Å²) in [5.74, 6) is 3.58. The fourth-order valence-electron chi connectivity index (χ4n) is 3.83. The van der Waals surface area contributed by atoms with E-state index in [-0.39, 0.29) is 0 Å². The first-order valence-corrected chi connectivity index (χ1v) is 7.78. The maximum Gasteiger partial charge on any atom is 0.231 e. The van der Waals surface area contributed by atoms with Crippen LogP contribution in [0.15, 0.2) is 4.52 Å². The zero-order chi connectivity index (χ0) is 13.2. The first-order chi connectivity index (χ1) is 9.28. The number of likely N-dealkylation sites (N-methyl/N-ethyl adjacent to an activating group) is 1. The molecule has 4 unspecified atom stereocenters. The maximum atomic E-state index is 5.57. The van der Waals surface area contributed by atoms with Gasteiger partial charge in [-0.05, 0) is 38.6 Å². The molecule has 2 saturated carbocycles. The molecule has 2 aliphatic carbocycles. The molecule has 0 aromatic carbocycles. The second-order valence-electron chi connectivity index (χ2n) is 6.39. The Bertz CT molecular complexity index is 417. The third kappa shape index (κ3) is 2.69. The summed E-state index contributed by atoms with van der Waals surface area (Å²) in [5, 5.41) is 7.65. The lowest BCUT2D eigenvalue weighted by Crippen LogP contribution is -2.27. The lowest BCUT2D eigenvalue weighted by molar-refractivity contribution is 0.310. The van der Waals surface area contributed by atoms with Gasteiger partial charge in [-0.1, -0.05) is 31.3 Å². The Morgan fingerprint density at radius 3 is 2.79 bits per heavy atom. The Kier molecular flexibility index (Phi) is 3.87. The van der Waals surface area contributed by atoms with E-state index in [4.69, 9.17) is 9.51 Å². The van der Waals surface area contributed by atoms with Crippen LogP contribution in [0.25, 0.3) is 0 Å². The zero-order valence-corrected chi connectivity index (χ0v) is 12.1. The van der Waals surface area contributed by atoms with Gasteiger partial charge in [-0.25, -0.2) is 0 Å². The van der Waals surface area contributed by atoms with Gasteiger partial charge in [0.1, 0.15) is 0 Å². The molecule has 1 aromatic rings. The number of nitrogens with zero attached hydrogens (tertiary/aromatic N) is 2. The molecule has 4 nitrogen and oxygen atoms in total. The van der Waals surface area contributed by atoms with Crippen molar-refractivity contribution in [2.24, 2.45) is 5.92 Å². The predicted octanol–water partition coefficient (Wildman–Crippen LogP) is 3.22. The molecule has 4 atom stereocenters. The summed E-state index contributed by atoms with van der Waals surface area (Å²) < 4.78 is 5.57. The molecule has 0 radical (unpaired) electrons. The molecular weight excluding hydrogens is 238 g/mol. The highest BCUT2D eigenvalue weighted by Crippen LogP contribution is 2.37. The van der Waals surface area contributed by atoms with Crippen molar-refractivity contribution in [3.8, 4) is 0 Å². The quantitative estimate of drug-likeness (QED) is 0.909. The standard InChI is InChI=1S/C15H25N3O/c1-10-5-3-6-11(9-10)14-17-15(19-18-14)12-7-4-8-13(12)16-2/h10-13,16H,3-9H2,1-2H3. The summed E-state index contributed by atoms with van der Waals surface area (Å²) in [6, 6.07) is 0.513. The SMILES string of the molecule is CNC1CCCC1c1nc(C2CCCC(C)C2)no1. The monoisotopic (exact) mass is 263 g/mol. The largest absolute Gasteiger partial charge is 0.339 e. The van der Waals surface area contributed by atoms with Crippen LogP contribution < -0.4 is 5.32 Å². The molecule has 1 heterocycles. The summed E-state index contributed by atoms with van der Waals surface area (Å²) in [6.45, 7) is 2.33. The van der Waals surface area contributed by atoms with Crippen LogP contribution >= 0.6 is 0 Å². The topological polar surface area (TPSA) is 51.0 Å². The van der Waals surface area contributed by atoms with Crippen LogP contribution in [0.2, 0.25) is 0 Å². The van der Waals surface area contributed by atoms with Crippen LogP contribution in [0.4, 0.5) is 0 Å². The van der Waals surface area contributed by atoms with Crippen molar-refractivity contribution in [1.29, 1.82) is 0 Å². The number of hydrogen-bond acceptors (Lipinski definition) is 4. The minimum absolute atomic E-state index is 0.423. The van der Waals surface area contributed by atoms with Gasteiger partial charge in [-0.3, -0.25) is 0 Å². The molecule has 2 aliphatic rings. The molecule has 1 aromatic heterocycles. The van der Waals surface area contributed by atoms with E-state index in [1.165, 1.54) is 44.9 Å². The fraction of sp³-hybridized carbons (Fsp3) is 0.867. The highest BCUT2D eigenvalue weighted by Gasteiger charge is 2.33. The molecule has 106 valence electrons. The minimum atomic E-state index is 0.423. The molecule has 3 rings (SSSR count). The van der Waals surface area contributed by atoms with Crippen LogP contribution in [0, 0.1) is 5.92 Å². The number of hydrogen-bond donors (Lipinski definition) is 1. The van der Waals surface area contributed by atoms with Gasteiger partial charge in [0.15, 0.2) is 5.82 Å². The van der Waals surface area contributed by atoms with Gasteiger partial charge in [-0.15, -0.1) is 0 Å². The van der Waals surface area contributed by atoms with Gasteiger partial charge in [0.05, 0.1) is 5.92 Å². The Hall–Kier alpha value is -0.900. The van der Waals surface area contributed by atoms with Crippen molar-refractivity contribution in [2.45, 2.75) is 69.7 Å². The van der Waals surface area contributed by atoms with Gasteiger partial charge in [0.25, 0.3) is 0 Å². The Morgan fingerprint density at radius 1 is 1.16 bits per heavy atom. The smallest absolute Gasteiger partial charge is 0.231 e. The highest BCUT2D eigenvalue weighted by molar-refractivity contribution is 5.05. The zero-order valence-electron chi connectivity index (χ0n) is 12.1. The van der Waals surface area contributed by atoms with Crippen LogP contribution in [0.3, 0.4) is 0 Å². The third-order valence-electron chi connectivity index (χ3n) is 4.96. The number of rotatable bonds is 3. The van der Waals surface area contributed by atoms with Crippen molar-refractivity contribution in [2.75, 3.05) is 7.05 Å². The van der Waals surface area contributed by atoms with Crippen molar-refractivity contribution in [3.63, 3.8) is 0 Å². The second kappa shape index (κ2) is 5.61. The Labute approximate surface area is 115 Å². The normalized spacial score (nSPS) is 35.7. The first-order valence-electron chi connectivity index (χ1n) is 7.78. The summed E-state index contributed by atoms with van der Waals surface area (Å²) in [4.78, 5) is 4.73. The van der Waals surface area contributed by atoms with Crippen LogP contribution in [-0.2, 0) is 0 Å². The molecule has 0 bridgehead atoms. The van der Waals surface area contributed by atoms with E-state index < -0.39 is 0 Å². The average Bonchev–Trinajstić information content (AvgIpc) is 3.07.